The molecule has 3 rings (SSSR count). The lowest BCUT2D eigenvalue weighted by Crippen LogP contribution is -2.09. The van der Waals surface area contributed by atoms with Crippen molar-refractivity contribution in [1.29, 1.82) is 0 Å². The number of ether oxygens (including phenoxy) is 3. The average molecular weight is 515 g/mol. The van der Waals surface area contributed by atoms with Gasteiger partial charge >= 0.3 is 0 Å². The molecule has 0 aliphatic rings. The molecule has 0 radical (unpaired) electrons. The van der Waals surface area contributed by atoms with Crippen LogP contribution in [0.25, 0.3) is 0 Å². The third-order valence-corrected chi connectivity index (χ3v) is 5.56. The number of thiol groups is 3. The van der Waals surface area contributed by atoms with Crippen LogP contribution >= 0.6 is 37.9 Å². The third-order valence-electron chi connectivity index (χ3n) is 5.11. The molecule has 182 valence electrons. The van der Waals surface area contributed by atoms with Crippen LogP contribution in [-0.2, 0) is 0 Å². The lowest BCUT2D eigenvalue weighted by Gasteiger charge is -2.20. The number of benzene rings is 3. The zero-order valence-corrected chi connectivity index (χ0v) is 22.6. The van der Waals surface area contributed by atoms with Crippen molar-refractivity contribution < 1.29 is 14.2 Å². The summed E-state index contributed by atoms with van der Waals surface area (Å²) >= 11 is 13.2. The normalized spacial score (nSPS) is 14.6. The number of hydrogen-bond acceptors (Lipinski definition) is 6. The standard InChI is InChI=1S/C28H34O3S3/c1-19(32)16-29-25-10-4-22(5-11-25)28(23-6-12-26(13-7-23)30-17-20(2)33)24-8-14-27(15-9-24)31-18-21(3)34/h4-15,19-21,28,32-34H,16-18H2,1-3H3. The second kappa shape index (κ2) is 13.3. The Kier molecular flexibility index (Phi) is 10.4. The van der Waals surface area contributed by atoms with E-state index in [9.17, 15) is 0 Å². The van der Waals surface area contributed by atoms with E-state index in [4.69, 9.17) is 14.2 Å². The van der Waals surface area contributed by atoms with E-state index in [2.05, 4.69) is 74.3 Å². The van der Waals surface area contributed by atoms with E-state index in [1.54, 1.807) is 0 Å². The second-order valence-corrected chi connectivity index (χ2v) is 11.3. The van der Waals surface area contributed by atoms with Gasteiger partial charge in [0.2, 0.25) is 0 Å². The van der Waals surface area contributed by atoms with Gasteiger partial charge in [-0.2, -0.15) is 37.9 Å². The van der Waals surface area contributed by atoms with Gasteiger partial charge in [-0.3, -0.25) is 0 Å². The first-order valence-corrected chi connectivity index (χ1v) is 13.1. The first-order chi connectivity index (χ1) is 16.3. The number of hydrogen-bond donors (Lipinski definition) is 3. The van der Waals surface area contributed by atoms with E-state index in [0.717, 1.165) is 17.2 Å². The topological polar surface area (TPSA) is 27.7 Å². The average Bonchev–Trinajstić information content (AvgIpc) is 2.82. The Morgan fingerprint density at radius 1 is 0.471 bits per heavy atom. The Morgan fingerprint density at radius 3 is 0.912 bits per heavy atom. The van der Waals surface area contributed by atoms with Gasteiger partial charge in [-0.25, -0.2) is 0 Å². The fourth-order valence-electron chi connectivity index (χ4n) is 3.50. The lowest BCUT2D eigenvalue weighted by atomic mass is 9.85. The minimum absolute atomic E-state index is 0.0635. The molecule has 3 aromatic carbocycles. The molecule has 6 heteroatoms. The third kappa shape index (κ3) is 8.40. The molecule has 0 saturated carbocycles. The maximum atomic E-state index is 5.82. The van der Waals surface area contributed by atoms with Gasteiger partial charge in [-0.15, -0.1) is 0 Å². The van der Waals surface area contributed by atoms with Crippen molar-refractivity contribution in [3.63, 3.8) is 0 Å². The Balaban J connectivity index is 1.87. The van der Waals surface area contributed by atoms with Gasteiger partial charge in [0.15, 0.2) is 0 Å². The molecule has 0 fully saturated rings. The van der Waals surface area contributed by atoms with Crippen molar-refractivity contribution in [2.75, 3.05) is 19.8 Å². The lowest BCUT2D eigenvalue weighted by molar-refractivity contribution is 0.322. The minimum atomic E-state index is 0.0635. The summed E-state index contributed by atoms with van der Waals surface area (Å²) in [6.45, 7) is 7.77. The first kappa shape index (κ1) is 26.7. The van der Waals surface area contributed by atoms with Gasteiger partial charge < -0.3 is 14.2 Å². The molecule has 34 heavy (non-hydrogen) atoms. The Bertz CT molecular complexity index is 853. The van der Waals surface area contributed by atoms with Gasteiger partial charge in [0.05, 0.1) is 19.8 Å². The second-order valence-electron chi connectivity index (χ2n) is 8.62. The molecule has 0 aliphatic carbocycles. The molecule has 3 nitrogen and oxygen atoms in total. The zero-order valence-electron chi connectivity index (χ0n) is 19.9. The smallest absolute Gasteiger partial charge is 0.119 e. The summed E-state index contributed by atoms with van der Waals surface area (Å²) in [6, 6.07) is 24.9. The molecule has 0 aromatic heterocycles. The van der Waals surface area contributed by atoms with Crippen molar-refractivity contribution in [3.05, 3.63) is 89.5 Å². The summed E-state index contributed by atoms with van der Waals surface area (Å²) in [7, 11) is 0. The molecule has 3 aromatic rings. The van der Waals surface area contributed by atoms with E-state index in [-0.39, 0.29) is 21.7 Å². The van der Waals surface area contributed by atoms with Gasteiger partial charge in [0.25, 0.3) is 0 Å². The Hall–Kier alpha value is -1.89. The molecule has 3 atom stereocenters. The molecule has 3 unspecified atom stereocenters. The molecule has 0 N–H and O–H groups in total. The van der Waals surface area contributed by atoms with Crippen LogP contribution < -0.4 is 14.2 Å². The highest BCUT2D eigenvalue weighted by molar-refractivity contribution is 7.81. The highest BCUT2D eigenvalue weighted by Crippen LogP contribution is 2.34. The van der Waals surface area contributed by atoms with E-state index in [1.807, 2.05) is 57.2 Å². The molecule has 0 bridgehead atoms. The summed E-state index contributed by atoms with van der Waals surface area (Å²) in [5.41, 5.74) is 3.55. The Morgan fingerprint density at radius 2 is 0.706 bits per heavy atom. The fourth-order valence-corrected chi connectivity index (χ4v) is 3.72. The highest BCUT2D eigenvalue weighted by Gasteiger charge is 2.18. The van der Waals surface area contributed by atoms with Crippen LogP contribution in [-0.4, -0.2) is 35.6 Å². The summed E-state index contributed by atoms with van der Waals surface area (Å²) in [5.74, 6) is 2.60. The van der Waals surface area contributed by atoms with E-state index in [1.165, 1.54) is 16.7 Å². The maximum Gasteiger partial charge on any atom is 0.119 e. The van der Waals surface area contributed by atoms with Crippen molar-refractivity contribution in [2.24, 2.45) is 0 Å². The van der Waals surface area contributed by atoms with E-state index >= 15 is 0 Å². The van der Waals surface area contributed by atoms with E-state index < -0.39 is 0 Å². The van der Waals surface area contributed by atoms with Crippen LogP contribution in [0.4, 0.5) is 0 Å². The zero-order chi connectivity index (χ0) is 24.5. The fraction of sp³-hybridized carbons (Fsp3) is 0.357. The number of rotatable bonds is 12. The van der Waals surface area contributed by atoms with E-state index in [0.29, 0.717) is 19.8 Å². The summed E-state index contributed by atoms with van der Waals surface area (Å²) in [5, 5.41) is 0.555. The summed E-state index contributed by atoms with van der Waals surface area (Å²) in [6.07, 6.45) is 0. The molecular weight excluding hydrogens is 481 g/mol. The molecule has 0 heterocycles. The quantitative estimate of drug-likeness (QED) is 0.180. The summed E-state index contributed by atoms with van der Waals surface area (Å²) in [4.78, 5) is 0. The molecule has 0 aliphatic heterocycles. The van der Waals surface area contributed by atoms with Gasteiger partial charge in [-0.05, 0) is 53.1 Å². The predicted octanol–water partition coefficient (Wildman–Crippen LogP) is 6.96. The van der Waals surface area contributed by atoms with Crippen LogP contribution in [0.5, 0.6) is 17.2 Å². The largest absolute Gasteiger partial charge is 0.492 e. The molecule has 0 saturated heterocycles. The van der Waals surface area contributed by atoms with Gasteiger partial charge in [0, 0.05) is 21.7 Å². The van der Waals surface area contributed by atoms with Gasteiger partial charge in [-0.1, -0.05) is 57.2 Å². The van der Waals surface area contributed by atoms with Crippen molar-refractivity contribution >= 4 is 37.9 Å². The predicted molar refractivity (Wildman–Crippen MR) is 152 cm³/mol. The maximum absolute atomic E-state index is 5.82. The van der Waals surface area contributed by atoms with Crippen LogP contribution in [0.15, 0.2) is 72.8 Å². The first-order valence-electron chi connectivity index (χ1n) is 11.5. The van der Waals surface area contributed by atoms with Crippen molar-refractivity contribution in [3.8, 4) is 17.2 Å². The van der Waals surface area contributed by atoms with Crippen LogP contribution in [0.2, 0.25) is 0 Å². The Labute approximate surface area is 220 Å². The molecule has 0 spiro atoms. The SMILES string of the molecule is CC(S)COc1ccc(C(c2ccc(OCC(C)S)cc2)c2ccc(OCC(C)S)cc2)cc1. The van der Waals surface area contributed by atoms with Gasteiger partial charge in [0.1, 0.15) is 17.2 Å². The van der Waals surface area contributed by atoms with Crippen LogP contribution in [0.3, 0.4) is 0 Å². The minimum Gasteiger partial charge on any atom is -0.492 e. The monoisotopic (exact) mass is 514 g/mol. The molecular formula is C28H34O3S3. The highest BCUT2D eigenvalue weighted by atomic mass is 32.1. The van der Waals surface area contributed by atoms with Crippen molar-refractivity contribution in [1.82, 2.24) is 0 Å². The summed E-state index contributed by atoms with van der Waals surface area (Å²) < 4.78 is 17.4. The van der Waals surface area contributed by atoms with Crippen LogP contribution in [0.1, 0.15) is 43.4 Å². The molecule has 0 amide bonds. The van der Waals surface area contributed by atoms with Crippen molar-refractivity contribution in [2.45, 2.75) is 42.4 Å². The van der Waals surface area contributed by atoms with Crippen LogP contribution in [0, 0.1) is 0 Å².